The number of amides is 3. The van der Waals surface area contributed by atoms with Crippen molar-refractivity contribution in [2.24, 2.45) is 5.92 Å². The predicted molar refractivity (Wildman–Crippen MR) is 70.7 cm³/mol. The number of aliphatic carboxylic acids is 1. The van der Waals surface area contributed by atoms with Crippen molar-refractivity contribution in [3.8, 4) is 0 Å². The van der Waals surface area contributed by atoms with Crippen molar-refractivity contribution >= 4 is 17.9 Å². The maximum absolute atomic E-state index is 11.9. The van der Waals surface area contributed by atoms with E-state index in [0.717, 1.165) is 0 Å². The number of carbonyl (C=O) groups is 3. The van der Waals surface area contributed by atoms with Crippen molar-refractivity contribution in [3.63, 3.8) is 0 Å². The van der Waals surface area contributed by atoms with Crippen molar-refractivity contribution in [2.75, 3.05) is 19.6 Å². The average Bonchev–Trinajstić information content (AvgIpc) is 2.32. The molecule has 0 aliphatic heterocycles. The molecule has 0 unspecified atom stereocenters. The summed E-state index contributed by atoms with van der Waals surface area (Å²) in [4.78, 5) is 35.6. The predicted octanol–water partition coefficient (Wildman–Crippen LogP) is 0.263. The van der Waals surface area contributed by atoms with E-state index in [0.29, 0.717) is 13.1 Å². The molecule has 0 heterocycles. The number of hydrogen-bond acceptors (Lipinski definition) is 3. The molecule has 0 aromatic heterocycles. The first-order chi connectivity index (χ1) is 8.83. The van der Waals surface area contributed by atoms with Crippen molar-refractivity contribution in [2.45, 2.75) is 33.7 Å². The smallest absolute Gasteiger partial charge is 0.326 e. The Kier molecular flexibility index (Phi) is 7.55. The number of urea groups is 1. The Morgan fingerprint density at radius 1 is 1.21 bits per heavy atom. The lowest BCUT2D eigenvalue weighted by atomic mass is 10.1. The van der Waals surface area contributed by atoms with E-state index in [4.69, 9.17) is 5.11 Å². The van der Waals surface area contributed by atoms with Crippen LogP contribution < -0.4 is 10.6 Å². The van der Waals surface area contributed by atoms with Gasteiger partial charge in [-0.3, -0.25) is 4.79 Å². The lowest BCUT2D eigenvalue weighted by Gasteiger charge is -2.25. The standard InChI is InChI=1S/C12H23N3O4/c1-5-13-9(16)7-15(6-2)12(19)14-10(8(3)4)11(17)18/h8,10H,5-7H2,1-4H3,(H,13,16)(H,14,19)(H,17,18)/t10-/m0/s1. The summed E-state index contributed by atoms with van der Waals surface area (Å²) in [5, 5.41) is 14.0. The van der Waals surface area contributed by atoms with Gasteiger partial charge in [-0.15, -0.1) is 0 Å². The van der Waals surface area contributed by atoms with Crippen molar-refractivity contribution in [1.82, 2.24) is 15.5 Å². The van der Waals surface area contributed by atoms with Crippen LogP contribution in [-0.2, 0) is 9.59 Å². The van der Waals surface area contributed by atoms with Gasteiger partial charge in [0, 0.05) is 13.1 Å². The van der Waals surface area contributed by atoms with Gasteiger partial charge in [0.25, 0.3) is 0 Å². The Labute approximate surface area is 113 Å². The second kappa shape index (κ2) is 8.34. The third-order valence-electron chi connectivity index (χ3n) is 2.59. The van der Waals surface area contributed by atoms with E-state index in [1.54, 1.807) is 27.7 Å². The molecule has 0 saturated heterocycles. The fourth-order valence-electron chi connectivity index (χ4n) is 1.49. The Balaban J connectivity index is 4.58. The van der Waals surface area contributed by atoms with Crippen LogP contribution in [0.25, 0.3) is 0 Å². The normalized spacial score (nSPS) is 11.8. The maximum Gasteiger partial charge on any atom is 0.326 e. The number of hydrogen-bond donors (Lipinski definition) is 3. The summed E-state index contributed by atoms with van der Waals surface area (Å²) in [5.41, 5.74) is 0. The SMILES string of the molecule is CCNC(=O)CN(CC)C(=O)N[C@H](C(=O)O)C(C)C. The number of carbonyl (C=O) groups excluding carboxylic acids is 2. The molecule has 0 spiro atoms. The molecule has 0 radical (unpaired) electrons. The Hall–Kier alpha value is -1.79. The lowest BCUT2D eigenvalue weighted by molar-refractivity contribution is -0.140. The van der Waals surface area contributed by atoms with Crippen LogP contribution in [-0.4, -0.2) is 53.6 Å². The number of rotatable bonds is 7. The summed E-state index contributed by atoms with van der Waals surface area (Å²) < 4.78 is 0. The molecule has 0 saturated carbocycles. The molecule has 110 valence electrons. The second-order valence-corrected chi connectivity index (χ2v) is 4.48. The van der Waals surface area contributed by atoms with Gasteiger partial charge in [0.1, 0.15) is 12.6 Å². The molecule has 3 amide bonds. The molecule has 19 heavy (non-hydrogen) atoms. The highest BCUT2D eigenvalue weighted by Gasteiger charge is 2.26. The van der Waals surface area contributed by atoms with Crippen LogP contribution in [0.2, 0.25) is 0 Å². The number of likely N-dealkylation sites (N-methyl/N-ethyl adjacent to an activating group) is 2. The summed E-state index contributed by atoms with van der Waals surface area (Å²) in [7, 11) is 0. The first-order valence-electron chi connectivity index (χ1n) is 6.38. The molecule has 0 aliphatic carbocycles. The number of carboxylic acids is 1. The minimum atomic E-state index is -1.09. The molecule has 0 aromatic rings. The highest BCUT2D eigenvalue weighted by atomic mass is 16.4. The van der Waals surface area contributed by atoms with Gasteiger partial charge in [0.15, 0.2) is 0 Å². The molecule has 0 rings (SSSR count). The molecule has 7 heteroatoms. The Morgan fingerprint density at radius 3 is 2.16 bits per heavy atom. The molecule has 0 aliphatic rings. The van der Waals surface area contributed by atoms with Crippen LogP contribution in [0.3, 0.4) is 0 Å². The zero-order chi connectivity index (χ0) is 15.0. The van der Waals surface area contributed by atoms with E-state index < -0.39 is 18.0 Å². The van der Waals surface area contributed by atoms with Gasteiger partial charge >= 0.3 is 12.0 Å². The summed E-state index contributed by atoms with van der Waals surface area (Å²) in [6.07, 6.45) is 0. The van der Waals surface area contributed by atoms with Gasteiger partial charge in [-0.2, -0.15) is 0 Å². The topological polar surface area (TPSA) is 98.7 Å². The van der Waals surface area contributed by atoms with Crippen LogP contribution in [0.5, 0.6) is 0 Å². The number of nitrogens with one attached hydrogen (secondary N) is 2. The van der Waals surface area contributed by atoms with Crippen molar-refractivity contribution < 1.29 is 19.5 Å². The molecule has 3 N–H and O–H groups in total. The van der Waals surface area contributed by atoms with Gasteiger partial charge in [0.05, 0.1) is 0 Å². The maximum atomic E-state index is 11.9. The largest absolute Gasteiger partial charge is 0.480 e. The van der Waals surface area contributed by atoms with Crippen molar-refractivity contribution in [3.05, 3.63) is 0 Å². The molecule has 1 atom stereocenters. The van der Waals surface area contributed by atoms with Gasteiger partial charge in [-0.1, -0.05) is 13.8 Å². The molecule has 0 fully saturated rings. The average molecular weight is 273 g/mol. The van der Waals surface area contributed by atoms with Crippen LogP contribution >= 0.6 is 0 Å². The third-order valence-corrected chi connectivity index (χ3v) is 2.59. The monoisotopic (exact) mass is 273 g/mol. The Morgan fingerprint density at radius 2 is 1.79 bits per heavy atom. The van der Waals surface area contributed by atoms with E-state index in [2.05, 4.69) is 10.6 Å². The van der Waals surface area contributed by atoms with Crippen LogP contribution in [0.15, 0.2) is 0 Å². The zero-order valence-corrected chi connectivity index (χ0v) is 11.9. The summed E-state index contributed by atoms with van der Waals surface area (Å²) in [6.45, 7) is 7.66. The summed E-state index contributed by atoms with van der Waals surface area (Å²) in [5.74, 6) is -1.59. The fourth-order valence-corrected chi connectivity index (χ4v) is 1.49. The van der Waals surface area contributed by atoms with E-state index in [-0.39, 0.29) is 18.4 Å². The molecular weight excluding hydrogens is 250 g/mol. The quantitative estimate of drug-likeness (QED) is 0.619. The third kappa shape index (κ3) is 6.08. The molecule has 7 nitrogen and oxygen atoms in total. The first kappa shape index (κ1) is 17.2. The second-order valence-electron chi connectivity index (χ2n) is 4.48. The van der Waals surface area contributed by atoms with Gasteiger partial charge in [0.2, 0.25) is 5.91 Å². The zero-order valence-electron chi connectivity index (χ0n) is 11.9. The Bertz CT molecular complexity index is 331. The summed E-state index contributed by atoms with van der Waals surface area (Å²) >= 11 is 0. The van der Waals surface area contributed by atoms with E-state index in [1.165, 1.54) is 4.90 Å². The minimum absolute atomic E-state index is 0.0827. The van der Waals surface area contributed by atoms with Gasteiger partial charge in [-0.05, 0) is 19.8 Å². The van der Waals surface area contributed by atoms with Crippen LogP contribution in [0, 0.1) is 5.92 Å². The molecule has 0 aromatic carbocycles. The van der Waals surface area contributed by atoms with E-state index in [9.17, 15) is 14.4 Å². The van der Waals surface area contributed by atoms with Gasteiger partial charge < -0.3 is 20.6 Å². The molecular formula is C12H23N3O4. The van der Waals surface area contributed by atoms with Crippen LogP contribution in [0.1, 0.15) is 27.7 Å². The van der Waals surface area contributed by atoms with Crippen molar-refractivity contribution in [1.29, 1.82) is 0 Å². The number of carboxylic acid groups (broad SMARTS) is 1. The minimum Gasteiger partial charge on any atom is -0.480 e. The fraction of sp³-hybridized carbons (Fsp3) is 0.750. The summed E-state index contributed by atoms with van der Waals surface area (Å²) in [6, 6.07) is -1.51. The highest BCUT2D eigenvalue weighted by molar-refractivity contribution is 5.86. The van der Waals surface area contributed by atoms with E-state index >= 15 is 0 Å². The van der Waals surface area contributed by atoms with E-state index in [1.807, 2.05) is 0 Å². The number of nitrogens with zero attached hydrogens (tertiary/aromatic N) is 1. The molecule has 0 bridgehead atoms. The first-order valence-corrected chi connectivity index (χ1v) is 6.38. The van der Waals surface area contributed by atoms with Gasteiger partial charge in [-0.25, -0.2) is 9.59 Å². The van der Waals surface area contributed by atoms with Crippen LogP contribution in [0.4, 0.5) is 4.79 Å². The lowest BCUT2D eigenvalue weighted by Crippen LogP contribution is -2.52. The highest BCUT2D eigenvalue weighted by Crippen LogP contribution is 2.03.